The van der Waals surface area contributed by atoms with E-state index in [9.17, 15) is 0 Å². The standard InChI is InChI=1S/C40H27N/c1-3-11-34-32(9-1)33-10-2-4-12-35(33)38(34)27-30-21-19-28(20-22-30)17-18-29-23-25-31(26-24-29)41-39-15-7-5-13-36(39)37-14-6-8-16-40(37)41/h1-27H/b18-17+. The smallest absolute Gasteiger partial charge is 0.0541 e. The molecule has 1 heteroatoms. The minimum absolute atomic E-state index is 1.17. The van der Waals surface area contributed by atoms with Gasteiger partial charge in [0.2, 0.25) is 0 Å². The minimum atomic E-state index is 1.17. The first-order valence-electron chi connectivity index (χ1n) is 14.1. The van der Waals surface area contributed by atoms with Gasteiger partial charge in [-0.15, -0.1) is 0 Å². The van der Waals surface area contributed by atoms with Gasteiger partial charge in [-0.2, -0.15) is 0 Å². The van der Waals surface area contributed by atoms with Crippen molar-refractivity contribution in [3.05, 3.63) is 173 Å². The fourth-order valence-corrected chi connectivity index (χ4v) is 6.20. The predicted octanol–water partition coefficient (Wildman–Crippen LogP) is 10.5. The molecule has 0 unspecified atom stereocenters. The molecular weight excluding hydrogens is 494 g/mol. The molecule has 0 saturated heterocycles. The van der Waals surface area contributed by atoms with Crippen molar-refractivity contribution in [2.45, 2.75) is 0 Å². The van der Waals surface area contributed by atoms with Crippen LogP contribution in [0.25, 0.3) is 62.4 Å². The molecule has 0 atom stereocenters. The Labute approximate surface area is 240 Å². The molecule has 1 nitrogen and oxygen atoms in total. The quantitative estimate of drug-likeness (QED) is 0.203. The summed E-state index contributed by atoms with van der Waals surface area (Å²) in [5.41, 5.74) is 13.8. The molecule has 0 amide bonds. The summed E-state index contributed by atoms with van der Waals surface area (Å²) < 4.78 is 2.35. The maximum absolute atomic E-state index is 2.35. The number of rotatable bonds is 4. The molecule has 0 bridgehead atoms. The van der Waals surface area contributed by atoms with Gasteiger partial charge in [-0.05, 0) is 74.9 Å². The zero-order chi connectivity index (χ0) is 27.2. The molecule has 0 spiro atoms. The lowest BCUT2D eigenvalue weighted by atomic mass is 10.0. The number of nitrogens with zero attached hydrogens (tertiary/aromatic N) is 1. The van der Waals surface area contributed by atoms with Crippen molar-refractivity contribution in [2.24, 2.45) is 0 Å². The van der Waals surface area contributed by atoms with Crippen molar-refractivity contribution in [1.82, 2.24) is 4.57 Å². The Kier molecular flexibility index (Phi) is 5.53. The van der Waals surface area contributed by atoms with Crippen molar-refractivity contribution in [3.63, 3.8) is 0 Å². The van der Waals surface area contributed by atoms with Crippen LogP contribution in [0.15, 0.2) is 146 Å². The molecule has 0 radical (unpaired) electrons. The average molecular weight is 522 g/mol. The molecule has 1 aromatic heterocycles. The van der Waals surface area contributed by atoms with Crippen molar-refractivity contribution in [2.75, 3.05) is 0 Å². The summed E-state index contributed by atoms with van der Waals surface area (Å²) in [7, 11) is 0. The summed E-state index contributed by atoms with van der Waals surface area (Å²) in [4.78, 5) is 0. The Morgan fingerprint density at radius 3 is 1.32 bits per heavy atom. The number of fused-ring (bicyclic) bond motifs is 6. The Morgan fingerprint density at radius 2 is 0.780 bits per heavy atom. The number of para-hydroxylation sites is 2. The zero-order valence-electron chi connectivity index (χ0n) is 22.5. The normalized spacial score (nSPS) is 12.2. The largest absolute Gasteiger partial charge is 0.309 e. The molecule has 1 heterocycles. The third-order valence-corrected chi connectivity index (χ3v) is 8.17. The summed E-state index contributed by atoms with van der Waals surface area (Å²) in [6, 6.07) is 52.3. The van der Waals surface area contributed by atoms with Gasteiger partial charge in [-0.25, -0.2) is 0 Å². The summed E-state index contributed by atoms with van der Waals surface area (Å²) in [5.74, 6) is 0. The van der Waals surface area contributed by atoms with E-state index in [-0.39, 0.29) is 0 Å². The van der Waals surface area contributed by atoms with Gasteiger partial charge in [0.1, 0.15) is 0 Å². The van der Waals surface area contributed by atoms with Crippen LogP contribution in [0.2, 0.25) is 0 Å². The maximum Gasteiger partial charge on any atom is 0.0541 e. The predicted molar refractivity (Wildman–Crippen MR) is 175 cm³/mol. The van der Waals surface area contributed by atoms with Crippen LogP contribution >= 0.6 is 0 Å². The van der Waals surface area contributed by atoms with E-state index in [0.29, 0.717) is 0 Å². The van der Waals surface area contributed by atoms with E-state index in [1.54, 1.807) is 0 Å². The number of aromatic nitrogens is 1. The van der Waals surface area contributed by atoms with Crippen LogP contribution in [0.5, 0.6) is 0 Å². The number of hydrogen-bond donors (Lipinski definition) is 0. The van der Waals surface area contributed by atoms with Crippen molar-refractivity contribution in [3.8, 4) is 16.8 Å². The van der Waals surface area contributed by atoms with E-state index < -0.39 is 0 Å². The third kappa shape index (κ3) is 4.02. The molecule has 0 fully saturated rings. The van der Waals surface area contributed by atoms with Crippen LogP contribution in [-0.4, -0.2) is 4.57 Å². The van der Waals surface area contributed by atoms with Gasteiger partial charge in [0.25, 0.3) is 0 Å². The fraction of sp³-hybridized carbons (Fsp3) is 0. The second-order valence-corrected chi connectivity index (χ2v) is 10.6. The molecule has 192 valence electrons. The van der Waals surface area contributed by atoms with Crippen molar-refractivity contribution < 1.29 is 0 Å². The monoisotopic (exact) mass is 521 g/mol. The second-order valence-electron chi connectivity index (χ2n) is 10.6. The number of benzene rings is 6. The highest BCUT2D eigenvalue weighted by Gasteiger charge is 2.22. The van der Waals surface area contributed by atoms with E-state index in [2.05, 4.69) is 168 Å². The van der Waals surface area contributed by atoms with Gasteiger partial charge in [0.05, 0.1) is 11.0 Å². The van der Waals surface area contributed by atoms with Gasteiger partial charge in [0, 0.05) is 16.5 Å². The molecule has 0 N–H and O–H groups in total. The van der Waals surface area contributed by atoms with Gasteiger partial charge < -0.3 is 4.57 Å². The Morgan fingerprint density at radius 1 is 0.366 bits per heavy atom. The van der Waals surface area contributed by atoms with Crippen molar-refractivity contribution in [1.29, 1.82) is 0 Å². The molecule has 1 aliphatic carbocycles. The molecule has 6 aromatic carbocycles. The Bertz CT molecular complexity index is 2020. The van der Waals surface area contributed by atoms with E-state index in [4.69, 9.17) is 0 Å². The summed E-state index contributed by atoms with van der Waals surface area (Å²) in [6.45, 7) is 0. The molecule has 41 heavy (non-hydrogen) atoms. The van der Waals surface area contributed by atoms with Crippen molar-refractivity contribution >= 4 is 45.6 Å². The Hall–Kier alpha value is -5.40. The van der Waals surface area contributed by atoms with Gasteiger partial charge >= 0.3 is 0 Å². The first kappa shape index (κ1) is 23.5. The highest BCUT2D eigenvalue weighted by molar-refractivity contribution is 6.09. The van der Waals surface area contributed by atoms with Crippen LogP contribution in [0, 0.1) is 0 Å². The molecule has 0 aliphatic heterocycles. The molecule has 1 aliphatic rings. The van der Waals surface area contributed by atoms with E-state index in [1.807, 2.05) is 0 Å². The third-order valence-electron chi connectivity index (χ3n) is 8.17. The average Bonchev–Trinajstić information content (AvgIpc) is 3.54. The molecular formula is C40H27N. The SMILES string of the molecule is C(=C1c2ccccc2-c2ccccc21)c1ccc(/C=C/c2ccc(-n3c4ccccc4c4ccccc43)cc2)cc1. The fourth-order valence-electron chi connectivity index (χ4n) is 6.20. The van der Waals surface area contributed by atoms with Crippen LogP contribution in [0.1, 0.15) is 27.8 Å². The number of hydrogen-bond acceptors (Lipinski definition) is 0. The zero-order valence-corrected chi connectivity index (χ0v) is 22.5. The van der Waals surface area contributed by atoms with E-state index in [1.165, 1.54) is 72.0 Å². The molecule has 8 rings (SSSR count). The van der Waals surface area contributed by atoms with E-state index >= 15 is 0 Å². The van der Waals surface area contributed by atoms with Crippen LogP contribution < -0.4 is 0 Å². The highest BCUT2D eigenvalue weighted by Crippen LogP contribution is 2.44. The molecule has 0 saturated carbocycles. The van der Waals surface area contributed by atoms with E-state index in [0.717, 1.165) is 0 Å². The lowest BCUT2D eigenvalue weighted by Crippen LogP contribution is -1.93. The maximum atomic E-state index is 2.35. The lowest BCUT2D eigenvalue weighted by Gasteiger charge is -2.08. The lowest BCUT2D eigenvalue weighted by molar-refractivity contribution is 1.18. The van der Waals surface area contributed by atoms with Gasteiger partial charge in [-0.1, -0.05) is 133 Å². The first-order chi connectivity index (χ1) is 20.3. The first-order valence-corrected chi connectivity index (χ1v) is 14.1. The minimum Gasteiger partial charge on any atom is -0.309 e. The Balaban J connectivity index is 1.06. The van der Waals surface area contributed by atoms with Gasteiger partial charge in [0.15, 0.2) is 0 Å². The molecule has 7 aromatic rings. The van der Waals surface area contributed by atoms with Crippen LogP contribution in [-0.2, 0) is 0 Å². The van der Waals surface area contributed by atoms with Crippen LogP contribution in [0.4, 0.5) is 0 Å². The highest BCUT2D eigenvalue weighted by atomic mass is 15.0. The van der Waals surface area contributed by atoms with Crippen LogP contribution in [0.3, 0.4) is 0 Å². The second kappa shape index (κ2) is 9.66. The van der Waals surface area contributed by atoms with Gasteiger partial charge in [-0.3, -0.25) is 0 Å². The summed E-state index contributed by atoms with van der Waals surface area (Å²) in [5, 5.41) is 2.57. The summed E-state index contributed by atoms with van der Waals surface area (Å²) in [6.07, 6.45) is 6.69. The summed E-state index contributed by atoms with van der Waals surface area (Å²) >= 11 is 0. The topological polar surface area (TPSA) is 4.93 Å².